The maximum atomic E-state index is 12.4. The summed E-state index contributed by atoms with van der Waals surface area (Å²) in [4.78, 5) is 18.9. The van der Waals surface area contributed by atoms with Crippen LogP contribution in [0, 0.1) is 6.92 Å². The molecule has 0 unspecified atom stereocenters. The molecular weight excluding hydrogens is 392 g/mol. The highest BCUT2D eigenvalue weighted by atomic mass is 35.5. The Kier molecular flexibility index (Phi) is 5.64. The molecule has 4 nitrogen and oxygen atoms in total. The van der Waals surface area contributed by atoms with Gasteiger partial charge in [-0.05, 0) is 36.3 Å². The van der Waals surface area contributed by atoms with Crippen molar-refractivity contribution in [3.63, 3.8) is 0 Å². The molecule has 6 heteroatoms. The largest absolute Gasteiger partial charge is 0.467 e. The fourth-order valence-corrected chi connectivity index (χ4v) is 4.49. The lowest BCUT2D eigenvalue weighted by Gasteiger charge is -2.30. The molecule has 1 saturated heterocycles. The summed E-state index contributed by atoms with van der Waals surface area (Å²) in [7, 11) is 0. The second-order valence-electron chi connectivity index (χ2n) is 6.90. The van der Waals surface area contributed by atoms with Gasteiger partial charge >= 0.3 is 0 Å². The molecule has 0 bridgehead atoms. The van der Waals surface area contributed by atoms with Crippen LogP contribution in [0.5, 0.6) is 5.19 Å². The third-order valence-electron chi connectivity index (χ3n) is 4.93. The number of rotatable bonds is 4. The summed E-state index contributed by atoms with van der Waals surface area (Å²) < 4.78 is 7.25. The second kappa shape index (κ2) is 8.33. The standard InChI is InChI=1S/C22H21ClN2O2S/c1-15-5-4-8-19-21(15)24-22(28-19)27-17-11-13-25(14-12-17)20(26)10-9-16-6-2-3-7-18(16)23/h2-10,17H,11-14H2,1H3/b10-9+. The fraction of sp³-hybridized carbons (Fsp3) is 0.273. The summed E-state index contributed by atoms with van der Waals surface area (Å²) >= 11 is 7.71. The smallest absolute Gasteiger partial charge is 0.274 e. The van der Waals surface area contributed by atoms with Crippen LogP contribution in [-0.4, -0.2) is 35.0 Å². The van der Waals surface area contributed by atoms with E-state index in [2.05, 4.69) is 24.0 Å². The number of likely N-dealkylation sites (tertiary alicyclic amines) is 1. The number of para-hydroxylation sites is 1. The number of benzene rings is 2. The van der Waals surface area contributed by atoms with Gasteiger partial charge in [0.15, 0.2) is 0 Å². The third-order valence-corrected chi connectivity index (χ3v) is 6.19. The number of hydrogen-bond donors (Lipinski definition) is 0. The SMILES string of the molecule is Cc1cccc2sc(OC3CCN(C(=O)/C=C/c4ccccc4Cl)CC3)nc12. The van der Waals surface area contributed by atoms with Gasteiger partial charge in [0.2, 0.25) is 5.91 Å². The lowest BCUT2D eigenvalue weighted by Crippen LogP contribution is -2.41. The van der Waals surface area contributed by atoms with E-state index in [-0.39, 0.29) is 12.0 Å². The average molecular weight is 413 g/mol. The third kappa shape index (κ3) is 4.21. The predicted octanol–water partition coefficient (Wildman–Crippen LogP) is 5.34. The summed E-state index contributed by atoms with van der Waals surface area (Å²) in [5.74, 6) is 0.00832. The Labute approximate surface area is 173 Å². The molecule has 0 radical (unpaired) electrons. The van der Waals surface area contributed by atoms with Crippen LogP contribution in [0.4, 0.5) is 0 Å². The zero-order valence-corrected chi connectivity index (χ0v) is 17.2. The van der Waals surface area contributed by atoms with E-state index in [4.69, 9.17) is 16.3 Å². The first kappa shape index (κ1) is 19.0. The van der Waals surface area contributed by atoms with Crippen LogP contribution >= 0.6 is 22.9 Å². The first-order valence-corrected chi connectivity index (χ1v) is 10.5. The molecule has 0 N–H and O–H groups in total. The normalized spacial score (nSPS) is 15.4. The number of hydrogen-bond acceptors (Lipinski definition) is 4. The van der Waals surface area contributed by atoms with E-state index < -0.39 is 0 Å². The van der Waals surface area contributed by atoms with Crippen molar-refractivity contribution >= 4 is 45.1 Å². The van der Waals surface area contributed by atoms with Crippen molar-refractivity contribution in [2.45, 2.75) is 25.9 Å². The summed E-state index contributed by atoms with van der Waals surface area (Å²) in [6, 6.07) is 13.7. The summed E-state index contributed by atoms with van der Waals surface area (Å²) in [6.45, 7) is 3.42. The number of fused-ring (bicyclic) bond motifs is 1. The van der Waals surface area contributed by atoms with Crippen LogP contribution in [0.15, 0.2) is 48.5 Å². The van der Waals surface area contributed by atoms with Crippen molar-refractivity contribution in [2.24, 2.45) is 0 Å². The second-order valence-corrected chi connectivity index (χ2v) is 8.30. The lowest BCUT2D eigenvalue weighted by molar-refractivity contribution is -0.127. The number of aryl methyl sites for hydroxylation is 1. The molecule has 0 aliphatic carbocycles. The molecule has 0 saturated carbocycles. The van der Waals surface area contributed by atoms with E-state index >= 15 is 0 Å². The Morgan fingerprint density at radius 2 is 2.00 bits per heavy atom. The number of piperidine rings is 1. The Morgan fingerprint density at radius 1 is 1.21 bits per heavy atom. The van der Waals surface area contributed by atoms with Crippen molar-refractivity contribution in [3.8, 4) is 5.19 Å². The van der Waals surface area contributed by atoms with Crippen LogP contribution < -0.4 is 4.74 Å². The number of aromatic nitrogens is 1. The first-order valence-electron chi connectivity index (χ1n) is 9.34. The molecule has 1 amide bonds. The summed E-state index contributed by atoms with van der Waals surface area (Å²) in [6.07, 6.45) is 5.08. The molecule has 144 valence electrons. The van der Waals surface area contributed by atoms with Crippen molar-refractivity contribution in [1.82, 2.24) is 9.88 Å². The van der Waals surface area contributed by atoms with E-state index in [0.717, 1.165) is 34.2 Å². The van der Waals surface area contributed by atoms with Gasteiger partial charge in [-0.15, -0.1) is 0 Å². The molecule has 1 aromatic heterocycles. The zero-order valence-electron chi connectivity index (χ0n) is 15.6. The van der Waals surface area contributed by atoms with Gasteiger partial charge in [-0.3, -0.25) is 4.79 Å². The van der Waals surface area contributed by atoms with Gasteiger partial charge in [0.05, 0.1) is 10.2 Å². The minimum atomic E-state index is 0.00832. The van der Waals surface area contributed by atoms with Crippen molar-refractivity contribution in [2.75, 3.05) is 13.1 Å². The summed E-state index contributed by atoms with van der Waals surface area (Å²) in [5.41, 5.74) is 3.02. The molecule has 1 aliphatic heterocycles. The van der Waals surface area contributed by atoms with Gasteiger partial charge in [0, 0.05) is 37.0 Å². The Bertz CT molecular complexity index is 1020. The number of amides is 1. The van der Waals surface area contributed by atoms with Gasteiger partial charge in [-0.1, -0.05) is 53.3 Å². The Morgan fingerprint density at radius 3 is 2.75 bits per heavy atom. The van der Waals surface area contributed by atoms with Crippen LogP contribution in [0.1, 0.15) is 24.0 Å². The lowest BCUT2D eigenvalue weighted by atomic mass is 10.1. The molecule has 0 spiro atoms. The minimum absolute atomic E-state index is 0.00832. The van der Waals surface area contributed by atoms with E-state index in [9.17, 15) is 4.79 Å². The monoisotopic (exact) mass is 412 g/mol. The van der Waals surface area contributed by atoms with Crippen molar-refractivity contribution < 1.29 is 9.53 Å². The number of ether oxygens (including phenoxy) is 1. The van der Waals surface area contributed by atoms with E-state index in [1.54, 1.807) is 23.5 Å². The fourth-order valence-electron chi connectivity index (χ4n) is 3.33. The minimum Gasteiger partial charge on any atom is -0.467 e. The predicted molar refractivity (Wildman–Crippen MR) is 115 cm³/mol. The first-order chi connectivity index (χ1) is 13.6. The number of carbonyl (C=O) groups excluding carboxylic acids is 1. The molecule has 28 heavy (non-hydrogen) atoms. The number of halogens is 1. The van der Waals surface area contributed by atoms with E-state index in [1.807, 2.05) is 35.2 Å². The van der Waals surface area contributed by atoms with Crippen molar-refractivity contribution in [3.05, 3.63) is 64.7 Å². The molecule has 0 atom stereocenters. The topological polar surface area (TPSA) is 42.4 Å². The zero-order chi connectivity index (χ0) is 19.5. The summed E-state index contributed by atoms with van der Waals surface area (Å²) in [5, 5.41) is 1.36. The number of carbonyl (C=O) groups is 1. The maximum absolute atomic E-state index is 12.4. The Hall–Kier alpha value is -2.37. The van der Waals surface area contributed by atoms with Crippen molar-refractivity contribution in [1.29, 1.82) is 0 Å². The highest BCUT2D eigenvalue weighted by Gasteiger charge is 2.23. The number of nitrogens with zero attached hydrogens (tertiary/aromatic N) is 2. The molecule has 1 aliphatic rings. The molecular formula is C22H21ClN2O2S. The Balaban J connectivity index is 1.33. The highest BCUT2D eigenvalue weighted by molar-refractivity contribution is 7.20. The van der Waals surface area contributed by atoms with E-state index in [0.29, 0.717) is 23.3 Å². The van der Waals surface area contributed by atoms with Crippen LogP contribution in [-0.2, 0) is 4.79 Å². The maximum Gasteiger partial charge on any atom is 0.274 e. The van der Waals surface area contributed by atoms with Crippen LogP contribution in [0.25, 0.3) is 16.3 Å². The van der Waals surface area contributed by atoms with Gasteiger partial charge in [0.1, 0.15) is 6.10 Å². The average Bonchev–Trinajstić information content (AvgIpc) is 3.12. The molecule has 1 fully saturated rings. The highest BCUT2D eigenvalue weighted by Crippen LogP contribution is 2.31. The quantitative estimate of drug-likeness (QED) is 0.543. The van der Waals surface area contributed by atoms with Gasteiger partial charge in [-0.2, -0.15) is 0 Å². The van der Waals surface area contributed by atoms with E-state index in [1.165, 1.54) is 0 Å². The van der Waals surface area contributed by atoms with Crippen LogP contribution in [0.2, 0.25) is 5.02 Å². The van der Waals surface area contributed by atoms with Crippen LogP contribution in [0.3, 0.4) is 0 Å². The van der Waals surface area contributed by atoms with Gasteiger partial charge < -0.3 is 9.64 Å². The molecule has 2 aromatic carbocycles. The molecule has 3 aromatic rings. The van der Waals surface area contributed by atoms with Gasteiger partial charge in [-0.25, -0.2) is 4.98 Å². The molecule has 4 rings (SSSR count). The number of thiazole rings is 1. The van der Waals surface area contributed by atoms with Gasteiger partial charge in [0.25, 0.3) is 5.19 Å². The molecule has 2 heterocycles.